The molecule has 2 aromatic heterocycles. The van der Waals surface area contributed by atoms with Gasteiger partial charge in [0.1, 0.15) is 17.3 Å². The van der Waals surface area contributed by atoms with Gasteiger partial charge in [0.2, 0.25) is 5.16 Å². The SMILES string of the molecule is Cn1nnnc1SCCNCc1ccc(-c2ccccc2F)o1.[Cl-]. The molecule has 0 bridgehead atoms. The van der Waals surface area contributed by atoms with E-state index >= 15 is 0 Å². The molecule has 24 heavy (non-hydrogen) atoms. The summed E-state index contributed by atoms with van der Waals surface area (Å²) in [5, 5.41) is 15.3. The van der Waals surface area contributed by atoms with Crippen LogP contribution in [0.5, 0.6) is 0 Å². The van der Waals surface area contributed by atoms with Crippen LogP contribution in [0.25, 0.3) is 11.3 Å². The van der Waals surface area contributed by atoms with Crippen LogP contribution in [0.3, 0.4) is 0 Å². The molecule has 0 atom stereocenters. The molecule has 1 N–H and O–H groups in total. The largest absolute Gasteiger partial charge is 1.00 e. The van der Waals surface area contributed by atoms with Crippen LogP contribution in [0.15, 0.2) is 46.0 Å². The summed E-state index contributed by atoms with van der Waals surface area (Å²) in [6, 6.07) is 10.2. The van der Waals surface area contributed by atoms with Crippen molar-refractivity contribution in [2.45, 2.75) is 11.7 Å². The fraction of sp³-hybridized carbons (Fsp3) is 0.267. The third-order valence-corrected chi connectivity index (χ3v) is 4.20. The number of halogens is 2. The van der Waals surface area contributed by atoms with E-state index < -0.39 is 0 Å². The standard InChI is InChI=1S/C15H16FN5OS.ClH/c1-21-15(18-19-20-21)23-9-8-17-10-11-6-7-14(22-11)12-4-2-3-5-13(12)16;/h2-7,17H,8-10H2,1H3;1H/p-1. The predicted octanol–water partition coefficient (Wildman–Crippen LogP) is -0.505. The Morgan fingerprint density at radius 2 is 2.08 bits per heavy atom. The van der Waals surface area contributed by atoms with Crippen molar-refractivity contribution in [1.82, 2.24) is 25.5 Å². The molecule has 9 heteroatoms. The van der Waals surface area contributed by atoms with Crippen molar-refractivity contribution in [1.29, 1.82) is 0 Å². The Bertz CT molecular complexity index is 779. The van der Waals surface area contributed by atoms with Crippen molar-refractivity contribution < 1.29 is 21.2 Å². The van der Waals surface area contributed by atoms with Crippen LogP contribution in [0.1, 0.15) is 5.76 Å². The number of aromatic nitrogens is 4. The molecule has 0 saturated carbocycles. The van der Waals surface area contributed by atoms with Crippen molar-refractivity contribution in [3.63, 3.8) is 0 Å². The molecule has 3 aromatic rings. The van der Waals surface area contributed by atoms with Gasteiger partial charge in [0.05, 0.1) is 12.1 Å². The van der Waals surface area contributed by atoms with Gasteiger partial charge in [-0.05, 0) is 34.7 Å². The molecule has 1 aromatic carbocycles. The van der Waals surface area contributed by atoms with Crippen LogP contribution in [0.4, 0.5) is 4.39 Å². The number of nitrogens with one attached hydrogen (secondary N) is 1. The van der Waals surface area contributed by atoms with E-state index in [4.69, 9.17) is 4.42 Å². The molecule has 0 fully saturated rings. The maximum absolute atomic E-state index is 13.7. The highest BCUT2D eigenvalue weighted by atomic mass is 35.5. The van der Waals surface area contributed by atoms with Crippen LogP contribution in [0, 0.1) is 5.82 Å². The fourth-order valence-corrected chi connectivity index (χ4v) is 2.79. The van der Waals surface area contributed by atoms with Crippen LogP contribution < -0.4 is 17.7 Å². The molecule has 2 heterocycles. The Kier molecular flexibility index (Phi) is 6.77. The maximum atomic E-state index is 13.7. The maximum Gasteiger partial charge on any atom is 0.209 e. The minimum Gasteiger partial charge on any atom is -1.00 e. The Morgan fingerprint density at radius 3 is 2.83 bits per heavy atom. The summed E-state index contributed by atoms with van der Waals surface area (Å²) in [4.78, 5) is 0. The topological polar surface area (TPSA) is 68.8 Å². The first-order valence-electron chi connectivity index (χ1n) is 7.13. The molecule has 0 saturated heterocycles. The van der Waals surface area contributed by atoms with Crippen molar-refractivity contribution in [2.24, 2.45) is 7.05 Å². The van der Waals surface area contributed by atoms with E-state index in [2.05, 4.69) is 20.8 Å². The number of nitrogens with zero attached hydrogens (tertiary/aromatic N) is 4. The molecule has 0 aliphatic rings. The van der Waals surface area contributed by atoms with Crippen LogP contribution in [0.2, 0.25) is 0 Å². The summed E-state index contributed by atoms with van der Waals surface area (Å²) in [7, 11) is 1.81. The molecule has 0 radical (unpaired) electrons. The van der Waals surface area contributed by atoms with E-state index in [1.807, 2.05) is 13.1 Å². The number of benzene rings is 1. The van der Waals surface area contributed by atoms with Crippen molar-refractivity contribution in [2.75, 3.05) is 12.3 Å². The lowest BCUT2D eigenvalue weighted by Crippen LogP contribution is -3.00. The highest BCUT2D eigenvalue weighted by Crippen LogP contribution is 2.24. The van der Waals surface area contributed by atoms with Gasteiger partial charge in [-0.1, -0.05) is 23.9 Å². The van der Waals surface area contributed by atoms with Gasteiger partial charge in [0, 0.05) is 19.3 Å². The zero-order valence-electron chi connectivity index (χ0n) is 12.9. The minimum absolute atomic E-state index is 0. The highest BCUT2D eigenvalue weighted by Gasteiger charge is 2.09. The first-order chi connectivity index (χ1) is 11.2. The molecule has 3 rings (SSSR count). The lowest BCUT2D eigenvalue weighted by atomic mass is 10.1. The van der Waals surface area contributed by atoms with Gasteiger partial charge < -0.3 is 22.1 Å². The monoisotopic (exact) mass is 368 g/mol. The molecule has 0 amide bonds. The van der Waals surface area contributed by atoms with Gasteiger partial charge in [-0.25, -0.2) is 9.07 Å². The summed E-state index contributed by atoms with van der Waals surface area (Å²) < 4.78 is 21.0. The van der Waals surface area contributed by atoms with Gasteiger partial charge >= 0.3 is 0 Å². The summed E-state index contributed by atoms with van der Waals surface area (Å²) in [5.74, 6) is 1.87. The molecule has 6 nitrogen and oxygen atoms in total. The van der Waals surface area contributed by atoms with Crippen LogP contribution in [-0.4, -0.2) is 32.5 Å². The average Bonchev–Trinajstić information content (AvgIpc) is 3.17. The Balaban J connectivity index is 0.00000208. The van der Waals surface area contributed by atoms with Gasteiger partial charge in [-0.3, -0.25) is 0 Å². The second-order valence-electron chi connectivity index (χ2n) is 4.86. The number of thioether (sulfide) groups is 1. The van der Waals surface area contributed by atoms with Gasteiger partial charge in [-0.2, -0.15) is 0 Å². The normalized spacial score (nSPS) is 10.6. The lowest BCUT2D eigenvalue weighted by Gasteiger charge is -2.02. The van der Waals surface area contributed by atoms with E-state index in [1.54, 1.807) is 40.7 Å². The number of hydrogen-bond acceptors (Lipinski definition) is 6. The van der Waals surface area contributed by atoms with Crippen molar-refractivity contribution in [3.05, 3.63) is 48.0 Å². The zero-order chi connectivity index (χ0) is 16.1. The highest BCUT2D eigenvalue weighted by molar-refractivity contribution is 7.99. The minimum atomic E-state index is -0.282. The number of rotatable bonds is 7. The summed E-state index contributed by atoms with van der Waals surface area (Å²) in [6.07, 6.45) is 0. The number of tetrazole rings is 1. The molecule has 0 aliphatic carbocycles. The zero-order valence-corrected chi connectivity index (χ0v) is 14.5. The Morgan fingerprint density at radius 1 is 1.25 bits per heavy atom. The van der Waals surface area contributed by atoms with Gasteiger partial charge in [0.15, 0.2) is 0 Å². The quantitative estimate of drug-likeness (QED) is 0.448. The molecule has 0 aliphatic heterocycles. The average molecular weight is 369 g/mol. The summed E-state index contributed by atoms with van der Waals surface area (Å²) in [5.41, 5.74) is 0.476. The van der Waals surface area contributed by atoms with E-state index in [9.17, 15) is 4.39 Å². The van der Waals surface area contributed by atoms with E-state index in [1.165, 1.54) is 6.07 Å². The van der Waals surface area contributed by atoms with Gasteiger partial charge in [0.25, 0.3) is 0 Å². The van der Waals surface area contributed by atoms with E-state index in [0.29, 0.717) is 17.9 Å². The summed E-state index contributed by atoms with van der Waals surface area (Å²) >= 11 is 1.58. The lowest BCUT2D eigenvalue weighted by molar-refractivity contribution is -0.00000604. The fourth-order valence-electron chi connectivity index (χ4n) is 2.05. The summed E-state index contributed by atoms with van der Waals surface area (Å²) in [6.45, 7) is 1.37. The van der Waals surface area contributed by atoms with Crippen molar-refractivity contribution in [3.8, 4) is 11.3 Å². The first-order valence-corrected chi connectivity index (χ1v) is 8.12. The molecule has 0 unspecified atom stereocenters. The smallest absolute Gasteiger partial charge is 0.209 e. The van der Waals surface area contributed by atoms with Crippen LogP contribution in [-0.2, 0) is 13.6 Å². The molecule has 128 valence electrons. The van der Waals surface area contributed by atoms with Crippen LogP contribution >= 0.6 is 11.8 Å². The molecular weight excluding hydrogens is 353 g/mol. The number of aryl methyl sites for hydroxylation is 1. The third-order valence-electron chi connectivity index (χ3n) is 3.19. The number of furan rings is 1. The number of hydrogen-bond donors (Lipinski definition) is 1. The van der Waals surface area contributed by atoms with E-state index in [0.717, 1.165) is 23.2 Å². The Labute approximate surface area is 149 Å². The second-order valence-corrected chi connectivity index (χ2v) is 5.92. The first kappa shape index (κ1) is 18.4. The van der Waals surface area contributed by atoms with Gasteiger partial charge in [-0.15, -0.1) is 5.10 Å². The predicted molar refractivity (Wildman–Crippen MR) is 85.3 cm³/mol. The second kappa shape index (κ2) is 8.81. The third kappa shape index (κ3) is 4.56. The molecule has 0 spiro atoms. The molecular formula is C15H16ClFN5OS-. The van der Waals surface area contributed by atoms with Crippen molar-refractivity contribution >= 4 is 11.8 Å². The Hall–Kier alpha value is -1.90. The van der Waals surface area contributed by atoms with E-state index in [-0.39, 0.29) is 18.2 Å².